The Kier molecular flexibility index (Phi) is 8.82. The first-order valence-electron chi connectivity index (χ1n) is 11.1. The fourth-order valence-electron chi connectivity index (χ4n) is 4.66. The van der Waals surface area contributed by atoms with Crippen LogP contribution in [0, 0.1) is 5.92 Å². The number of unbranched alkanes of at least 4 members (excludes halogenated alkanes) is 2. The van der Waals surface area contributed by atoms with Gasteiger partial charge in [0, 0.05) is 10.8 Å². The van der Waals surface area contributed by atoms with Crippen molar-refractivity contribution in [1.29, 1.82) is 0 Å². The van der Waals surface area contributed by atoms with Crippen LogP contribution in [-0.4, -0.2) is 15.7 Å². The predicted octanol–water partition coefficient (Wildman–Crippen LogP) is 7.51. The van der Waals surface area contributed by atoms with Crippen LogP contribution < -0.4 is 0 Å². The van der Waals surface area contributed by atoms with Crippen LogP contribution in [-0.2, 0) is 11.2 Å². The molecule has 163 valence electrons. The second-order valence-corrected chi connectivity index (χ2v) is 11.2. The van der Waals surface area contributed by atoms with Crippen LogP contribution in [0.3, 0.4) is 0 Å². The van der Waals surface area contributed by atoms with E-state index in [4.69, 9.17) is 23.2 Å². The number of aliphatic hydroxyl groups excluding tert-OH is 1. The highest BCUT2D eigenvalue weighted by atomic mass is 35.5. The summed E-state index contributed by atoms with van der Waals surface area (Å²) in [6.07, 6.45) is 10.6. The summed E-state index contributed by atoms with van der Waals surface area (Å²) in [5.74, 6) is 0.548. The molecule has 30 heavy (non-hydrogen) atoms. The molecule has 0 saturated heterocycles. The van der Waals surface area contributed by atoms with E-state index in [1.807, 2.05) is 30.6 Å². The molecule has 3 atom stereocenters. The molecule has 1 N–H and O–H groups in total. The molecule has 5 heteroatoms. The molecule has 1 aromatic heterocycles. The van der Waals surface area contributed by atoms with Gasteiger partial charge in [0.25, 0.3) is 0 Å². The first-order valence-corrected chi connectivity index (χ1v) is 12.6. The van der Waals surface area contributed by atoms with Crippen molar-refractivity contribution in [3.63, 3.8) is 0 Å². The Hall–Kier alpha value is -0.870. The van der Waals surface area contributed by atoms with Crippen LogP contribution in [0.5, 0.6) is 0 Å². The average molecular weight is 466 g/mol. The lowest BCUT2D eigenvalue weighted by atomic mass is 9.84. The largest absolute Gasteiger partial charge is 0.388 e. The van der Waals surface area contributed by atoms with Crippen molar-refractivity contribution in [3.05, 3.63) is 57.3 Å². The Morgan fingerprint density at radius 2 is 1.93 bits per heavy atom. The van der Waals surface area contributed by atoms with E-state index in [0.717, 1.165) is 63.4 Å². The van der Waals surface area contributed by atoms with Crippen LogP contribution in [0.25, 0.3) is 0 Å². The lowest BCUT2D eigenvalue weighted by Crippen LogP contribution is -2.21. The Bertz CT molecular complexity index is 800. The summed E-state index contributed by atoms with van der Waals surface area (Å²) in [5, 5.41) is 10.4. The van der Waals surface area contributed by atoms with Crippen molar-refractivity contribution in [1.82, 2.24) is 0 Å². The van der Waals surface area contributed by atoms with Gasteiger partial charge in [0.15, 0.2) is 0 Å². The highest BCUT2D eigenvalue weighted by molar-refractivity contribution is 7.13. The Balaban J connectivity index is 1.61. The van der Waals surface area contributed by atoms with E-state index in [1.54, 1.807) is 0 Å². The van der Waals surface area contributed by atoms with Crippen LogP contribution >= 0.6 is 34.5 Å². The summed E-state index contributed by atoms with van der Waals surface area (Å²) in [6, 6.07) is 12.1. The van der Waals surface area contributed by atoms with Gasteiger partial charge in [-0.15, -0.1) is 34.5 Å². The highest BCUT2D eigenvalue weighted by Gasteiger charge is 2.46. The van der Waals surface area contributed by atoms with Gasteiger partial charge in [0.1, 0.15) is 4.33 Å². The third kappa shape index (κ3) is 6.09. The minimum atomic E-state index is -0.742. The molecule has 3 rings (SSSR count). The topological polar surface area (TPSA) is 37.3 Å². The zero-order chi connectivity index (χ0) is 21.6. The number of aliphatic hydroxyl groups is 1. The van der Waals surface area contributed by atoms with Gasteiger partial charge in [-0.1, -0.05) is 50.5 Å². The number of halogens is 2. The number of carbonyl (C=O) groups excluding carboxylic acids is 1. The summed E-state index contributed by atoms with van der Waals surface area (Å²) in [4.78, 5) is 12.6. The molecular formula is C25H31Cl2O2S. The van der Waals surface area contributed by atoms with Crippen LogP contribution in [0.15, 0.2) is 36.4 Å². The van der Waals surface area contributed by atoms with Crippen LogP contribution in [0.1, 0.15) is 91.2 Å². The minimum Gasteiger partial charge on any atom is -0.388 e. The fraction of sp³-hybridized carbons (Fsp3) is 0.560. The Labute approximate surface area is 194 Å². The molecule has 0 bridgehead atoms. The average Bonchev–Trinajstić information content (AvgIpc) is 3.32. The van der Waals surface area contributed by atoms with Gasteiger partial charge in [0.2, 0.25) is 6.29 Å². The number of rotatable bonds is 11. The monoisotopic (exact) mass is 465 g/mol. The molecule has 1 heterocycles. The number of aryl methyl sites for hydroxylation is 1. The molecule has 0 aliphatic heterocycles. The van der Waals surface area contributed by atoms with E-state index in [-0.39, 0.29) is 5.92 Å². The van der Waals surface area contributed by atoms with Crippen molar-refractivity contribution in [3.8, 4) is 0 Å². The highest BCUT2D eigenvalue weighted by Crippen LogP contribution is 2.55. The summed E-state index contributed by atoms with van der Waals surface area (Å²) in [5.41, 5.74) is 2.14. The molecule has 2 nitrogen and oxygen atoms in total. The lowest BCUT2D eigenvalue weighted by molar-refractivity contribution is 0.163. The zero-order valence-corrected chi connectivity index (χ0v) is 19.9. The molecule has 1 unspecified atom stereocenters. The second kappa shape index (κ2) is 11.1. The van der Waals surface area contributed by atoms with E-state index < -0.39 is 10.4 Å². The number of thiophene rings is 1. The van der Waals surface area contributed by atoms with Gasteiger partial charge in [-0.3, -0.25) is 4.79 Å². The van der Waals surface area contributed by atoms with Crippen LogP contribution in [0.2, 0.25) is 0 Å². The maximum absolute atomic E-state index is 10.7. The van der Waals surface area contributed by atoms with Gasteiger partial charge >= 0.3 is 0 Å². The third-order valence-electron chi connectivity index (χ3n) is 6.30. The fourth-order valence-corrected chi connectivity index (χ4v) is 6.33. The van der Waals surface area contributed by atoms with Gasteiger partial charge in [-0.05, 0) is 67.7 Å². The number of hydrogen-bond acceptors (Lipinski definition) is 3. The smallest absolute Gasteiger partial charge is 0.244 e. The minimum absolute atomic E-state index is 0.106. The standard InChI is InChI=1S/C25H31Cl2O2S/c1-2-3-4-8-23(29)18-9-11-20(12-10-18)24-19(15-16-25(24,26)27)6-5-7-21-13-14-22(17-28)30-21/h9-14,19,23-24,29H,2-8,15-16H2,1H3/t19-,23?,24-/m0/s1. The number of hydrogen-bond donors (Lipinski definition) is 1. The molecule has 1 aliphatic rings. The molecule has 1 fully saturated rings. The lowest BCUT2D eigenvalue weighted by Gasteiger charge is -2.28. The molecule has 0 amide bonds. The quantitative estimate of drug-likeness (QED) is 0.275. The van der Waals surface area contributed by atoms with Gasteiger partial charge in [-0.2, -0.15) is 0 Å². The first-order chi connectivity index (χ1) is 14.4. The molecule has 1 aliphatic carbocycles. The van der Waals surface area contributed by atoms with E-state index >= 15 is 0 Å². The molecule has 0 spiro atoms. The Morgan fingerprint density at radius 3 is 2.60 bits per heavy atom. The van der Waals surface area contributed by atoms with Gasteiger partial charge < -0.3 is 5.11 Å². The normalized spacial score (nSPS) is 21.6. The SMILES string of the molecule is CCCCCC(O)c1ccc([C@@H]2[C@@H](CCCc3ccc([C]=O)s3)CCC2(Cl)Cl)cc1. The van der Waals surface area contributed by atoms with Crippen molar-refractivity contribution < 1.29 is 9.90 Å². The van der Waals surface area contributed by atoms with Gasteiger partial charge in [-0.25, -0.2) is 0 Å². The predicted molar refractivity (Wildman–Crippen MR) is 127 cm³/mol. The van der Waals surface area contributed by atoms with Crippen LogP contribution in [0.4, 0.5) is 0 Å². The van der Waals surface area contributed by atoms with E-state index in [0.29, 0.717) is 10.8 Å². The van der Waals surface area contributed by atoms with Crippen molar-refractivity contribution >= 4 is 40.8 Å². The van der Waals surface area contributed by atoms with Crippen molar-refractivity contribution in [2.75, 3.05) is 0 Å². The number of benzene rings is 1. The van der Waals surface area contributed by atoms with E-state index in [1.165, 1.54) is 21.8 Å². The summed E-state index contributed by atoms with van der Waals surface area (Å²) in [7, 11) is 0. The zero-order valence-electron chi connectivity index (χ0n) is 17.6. The maximum Gasteiger partial charge on any atom is 0.244 e. The second-order valence-electron chi connectivity index (χ2n) is 8.48. The van der Waals surface area contributed by atoms with Gasteiger partial charge in [0.05, 0.1) is 11.0 Å². The summed E-state index contributed by atoms with van der Waals surface area (Å²) >= 11 is 15.0. The third-order valence-corrected chi connectivity index (χ3v) is 8.19. The van der Waals surface area contributed by atoms with E-state index in [2.05, 4.69) is 19.1 Å². The molecule has 1 saturated carbocycles. The molecule has 2 aromatic rings. The summed E-state index contributed by atoms with van der Waals surface area (Å²) < 4.78 is -0.742. The maximum atomic E-state index is 10.7. The summed E-state index contributed by atoms with van der Waals surface area (Å²) in [6.45, 7) is 2.17. The van der Waals surface area contributed by atoms with Crippen molar-refractivity contribution in [2.24, 2.45) is 5.92 Å². The molecular weight excluding hydrogens is 435 g/mol. The molecule has 1 aromatic carbocycles. The van der Waals surface area contributed by atoms with Crippen molar-refractivity contribution in [2.45, 2.75) is 81.1 Å². The van der Waals surface area contributed by atoms with E-state index in [9.17, 15) is 9.90 Å². The number of alkyl halides is 2. The molecule has 1 radical (unpaired) electrons. The first kappa shape index (κ1) is 23.8. The Morgan fingerprint density at radius 1 is 1.17 bits per heavy atom.